The molecule has 0 saturated carbocycles. The molecule has 1 aliphatic heterocycles. The summed E-state index contributed by atoms with van der Waals surface area (Å²) < 4.78 is 39.5. The number of carbonyl (C=O) groups excluding carboxylic acids is 1. The lowest BCUT2D eigenvalue weighted by Gasteiger charge is -2.42. The summed E-state index contributed by atoms with van der Waals surface area (Å²) in [6, 6.07) is 2.27. The van der Waals surface area contributed by atoms with E-state index in [2.05, 4.69) is 6.58 Å². The van der Waals surface area contributed by atoms with Crippen LogP contribution in [-0.4, -0.2) is 25.1 Å². The van der Waals surface area contributed by atoms with Crippen LogP contribution in [0.5, 0.6) is 5.75 Å². The molecule has 1 heterocycles. The minimum Gasteiger partial charge on any atom is -0.494 e. The average molecular weight is 376 g/mol. The summed E-state index contributed by atoms with van der Waals surface area (Å²) in [6.07, 6.45) is 5.06. The molecular weight excluding hydrogens is 350 g/mol. The van der Waals surface area contributed by atoms with Gasteiger partial charge in [0.05, 0.1) is 19.3 Å². The van der Waals surface area contributed by atoms with E-state index in [1.54, 1.807) is 12.2 Å². The minimum atomic E-state index is -0.612. The molecule has 5 heteroatoms. The molecule has 27 heavy (non-hydrogen) atoms. The molecule has 0 N–H and O–H groups in total. The van der Waals surface area contributed by atoms with Gasteiger partial charge in [0.25, 0.3) is 0 Å². The van der Waals surface area contributed by atoms with Gasteiger partial charge in [-0.3, -0.25) is 4.79 Å². The number of methoxy groups -OCH3 is 1. The van der Waals surface area contributed by atoms with Crippen molar-refractivity contribution in [3.63, 3.8) is 0 Å². The molecule has 0 bridgehead atoms. The smallest absolute Gasteiger partial charge is 0.165 e. The van der Waals surface area contributed by atoms with Gasteiger partial charge in [0.2, 0.25) is 0 Å². The molecule has 1 aromatic rings. The van der Waals surface area contributed by atoms with Crippen molar-refractivity contribution in [3.05, 3.63) is 53.6 Å². The Kier molecular flexibility index (Phi) is 5.52. The van der Waals surface area contributed by atoms with Crippen molar-refractivity contribution in [2.45, 2.75) is 38.7 Å². The molecule has 3 nitrogen and oxygen atoms in total. The van der Waals surface area contributed by atoms with Gasteiger partial charge in [0, 0.05) is 12.0 Å². The maximum Gasteiger partial charge on any atom is 0.165 e. The number of rotatable bonds is 6. The van der Waals surface area contributed by atoms with Gasteiger partial charge < -0.3 is 9.47 Å². The van der Waals surface area contributed by atoms with Crippen LogP contribution in [0, 0.1) is 29.4 Å². The van der Waals surface area contributed by atoms with Crippen LogP contribution < -0.4 is 4.74 Å². The number of allylic oxidation sites excluding steroid dienone is 2. The number of benzene rings is 1. The van der Waals surface area contributed by atoms with Crippen LogP contribution in [-0.2, 0) is 16.0 Å². The van der Waals surface area contributed by atoms with Gasteiger partial charge in [0.1, 0.15) is 5.82 Å². The number of carbonyl (C=O) groups is 1. The normalized spacial score (nSPS) is 26.9. The van der Waals surface area contributed by atoms with E-state index >= 15 is 0 Å². The molecule has 2 aliphatic rings. The second-order valence-corrected chi connectivity index (χ2v) is 7.65. The van der Waals surface area contributed by atoms with Crippen LogP contribution in [0.2, 0.25) is 0 Å². The fourth-order valence-corrected chi connectivity index (χ4v) is 4.38. The molecule has 0 amide bonds. The fraction of sp³-hybridized carbons (Fsp3) is 0.500. The highest BCUT2D eigenvalue weighted by Gasteiger charge is 2.50. The maximum absolute atomic E-state index is 14.4. The van der Waals surface area contributed by atoms with Crippen molar-refractivity contribution in [1.29, 1.82) is 0 Å². The van der Waals surface area contributed by atoms with E-state index in [-0.39, 0.29) is 34.8 Å². The van der Waals surface area contributed by atoms with Crippen molar-refractivity contribution in [1.82, 2.24) is 0 Å². The van der Waals surface area contributed by atoms with E-state index in [1.165, 1.54) is 13.2 Å². The second kappa shape index (κ2) is 7.55. The molecule has 0 radical (unpaired) electrons. The van der Waals surface area contributed by atoms with Crippen LogP contribution in [0.3, 0.4) is 0 Å². The quantitative estimate of drug-likeness (QED) is 0.678. The lowest BCUT2D eigenvalue weighted by atomic mass is 9.66. The summed E-state index contributed by atoms with van der Waals surface area (Å²) in [4.78, 5) is 12.5. The first-order valence-electron chi connectivity index (χ1n) is 9.35. The van der Waals surface area contributed by atoms with E-state index in [4.69, 9.17) is 9.47 Å². The molecule has 4 atom stereocenters. The first-order valence-corrected chi connectivity index (χ1v) is 9.35. The zero-order valence-corrected chi connectivity index (χ0v) is 16.1. The summed E-state index contributed by atoms with van der Waals surface area (Å²) >= 11 is 0. The Morgan fingerprint density at radius 3 is 2.78 bits per heavy atom. The Morgan fingerprint density at radius 1 is 1.37 bits per heavy atom. The number of ketones is 1. The summed E-state index contributed by atoms with van der Waals surface area (Å²) in [5, 5.41) is 0. The number of fused-ring (bicyclic) bond motifs is 1. The molecule has 3 rings (SSSR count). The number of hydrogen-bond acceptors (Lipinski definition) is 3. The van der Waals surface area contributed by atoms with Gasteiger partial charge in [-0.05, 0) is 54.4 Å². The standard InChI is InChI=1S/C22H26F2O3/c1-5-13(2)17-12-22(16(6-7-27-22)10-20(17)25)14(3)8-15-9-19(24)21(26-4)11-18(15)23/h5,9-11,13-14,17H,1,6-8,12H2,2-4H3/t13?,14?,17-,22-/m1/s1. The highest BCUT2D eigenvalue weighted by Crippen LogP contribution is 2.48. The first kappa shape index (κ1) is 19.7. The molecule has 0 aromatic heterocycles. The van der Waals surface area contributed by atoms with Crippen molar-refractivity contribution < 1.29 is 23.0 Å². The van der Waals surface area contributed by atoms with Gasteiger partial charge in [0.15, 0.2) is 17.3 Å². The lowest BCUT2D eigenvalue weighted by Crippen LogP contribution is -2.46. The zero-order chi connectivity index (χ0) is 19.8. The molecule has 1 saturated heterocycles. The van der Waals surface area contributed by atoms with Crippen LogP contribution in [0.25, 0.3) is 0 Å². The fourth-order valence-electron chi connectivity index (χ4n) is 4.38. The summed E-state index contributed by atoms with van der Waals surface area (Å²) in [7, 11) is 1.31. The van der Waals surface area contributed by atoms with E-state index in [1.807, 2.05) is 13.8 Å². The van der Waals surface area contributed by atoms with Crippen LogP contribution >= 0.6 is 0 Å². The van der Waals surface area contributed by atoms with E-state index in [9.17, 15) is 13.6 Å². The highest BCUT2D eigenvalue weighted by molar-refractivity contribution is 5.94. The van der Waals surface area contributed by atoms with Crippen LogP contribution in [0.1, 0.15) is 32.3 Å². The lowest BCUT2D eigenvalue weighted by molar-refractivity contribution is -0.124. The Morgan fingerprint density at radius 2 is 2.11 bits per heavy atom. The van der Waals surface area contributed by atoms with Gasteiger partial charge in [-0.2, -0.15) is 0 Å². The van der Waals surface area contributed by atoms with Gasteiger partial charge in [-0.1, -0.05) is 19.9 Å². The minimum absolute atomic E-state index is 0.0266. The third-order valence-electron chi connectivity index (χ3n) is 6.13. The molecular formula is C22H26F2O3. The summed E-state index contributed by atoms with van der Waals surface area (Å²) in [5.41, 5.74) is 0.649. The highest BCUT2D eigenvalue weighted by atomic mass is 19.1. The summed E-state index contributed by atoms with van der Waals surface area (Å²) in [6.45, 7) is 8.30. The Labute approximate surface area is 159 Å². The maximum atomic E-state index is 14.4. The SMILES string of the molecule is C=CC(C)[C@H]1C[C@]2(C(C)Cc3cc(F)c(OC)cc3F)OCCC2=CC1=O. The Balaban J connectivity index is 1.91. The summed E-state index contributed by atoms with van der Waals surface area (Å²) in [5.74, 6) is -1.37. The van der Waals surface area contributed by atoms with Crippen molar-refractivity contribution in [2.75, 3.05) is 13.7 Å². The molecule has 1 aromatic carbocycles. The number of ether oxygens (including phenoxy) is 2. The average Bonchev–Trinajstić information content (AvgIpc) is 3.06. The third-order valence-corrected chi connectivity index (χ3v) is 6.13. The third kappa shape index (κ3) is 3.45. The van der Waals surface area contributed by atoms with E-state index < -0.39 is 17.2 Å². The van der Waals surface area contributed by atoms with Gasteiger partial charge in [-0.15, -0.1) is 6.58 Å². The van der Waals surface area contributed by atoms with Gasteiger partial charge >= 0.3 is 0 Å². The zero-order valence-electron chi connectivity index (χ0n) is 16.1. The largest absolute Gasteiger partial charge is 0.494 e. The van der Waals surface area contributed by atoms with Crippen LogP contribution in [0.4, 0.5) is 8.78 Å². The molecule has 2 unspecified atom stereocenters. The molecule has 0 spiro atoms. The number of hydrogen-bond donors (Lipinski definition) is 0. The molecule has 1 aliphatic carbocycles. The van der Waals surface area contributed by atoms with Gasteiger partial charge in [-0.25, -0.2) is 8.78 Å². The predicted molar refractivity (Wildman–Crippen MR) is 99.6 cm³/mol. The monoisotopic (exact) mass is 376 g/mol. The first-order chi connectivity index (χ1) is 12.8. The van der Waals surface area contributed by atoms with Crippen LogP contribution in [0.15, 0.2) is 36.4 Å². The number of halogens is 2. The molecule has 1 fully saturated rings. The second-order valence-electron chi connectivity index (χ2n) is 7.65. The van der Waals surface area contributed by atoms with Crippen molar-refractivity contribution in [3.8, 4) is 5.75 Å². The van der Waals surface area contributed by atoms with Crippen molar-refractivity contribution in [2.24, 2.45) is 17.8 Å². The van der Waals surface area contributed by atoms with E-state index in [0.29, 0.717) is 25.9 Å². The van der Waals surface area contributed by atoms with Crippen molar-refractivity contribution >= 4 is 5.78 Å². The topological polar surface area (TPSA) is 35.5 Å². The predicted octanol–water partition coefficient (Wildman–Crippen LogP) is 4.65. The molecule has 146 valence electrons. The Hall–Kier alpha value is -2.01. The Bertz CT molecular complexity index is 786. The van der Waals surface area contributed by atoms with E-state index in [0.717, 1.165) is 11.6 Å².